The molecule has 0 aliphatic heterocycles. The number of hydrogen-bond donors (Lipinski definition) is 1. The molecule has 0 radical (unpaired) electrons. The Kier molecular flexibility index (Phi) is 5.64. The van der Waals surface area contributed by atoms with Gasteiger partial charge in [-0.05, 0) is 55.6 Å². The number of benzene rings is 2. The van der Waals surface area contributed by atoms with Gasteiger partial charge >= 0.3 is 0 Å². The van der Waals surface area contributed by atoms with Crippen LogP contribution in [0.4, 0.5) is 0 Å². The standard InChI is InChI=1S/C17H19BrClN/c1-12-5-3-4-6-14(12)9-10-20-13(2)16-8-7-15(18)11-17(16)19/h3-8,11,13,20H,9-10H2,1-2H3. The van der Waals surface area contributed by atoms with E-state index in [0.717, 1.165) is 28.0 Å². The Morgan fingerprint density at radius 1 is 1.20 bits per heavy atom. The smallest absolute Gasteiger partial charge is 0.0464 e. The van der Waals surface area contributed by atoms with Gasteiger partial charge in [0.15, 0.2) is 0 Å². The molecule has 1 atom stereocenters. The predicted octanol–water partition coefficient (Wildman–Crippen LogP) is 5.30. The highest BCUT2D eigenvalue weighted by Gasteiger charge is 2.09. The van der Waals surface area contributed by atoms with Gasteiger partial charge < -0.3 is 5.32 Å². The normalized spacial score (nSPS) is 12.4. The van der Waals surface area contributed by atoms with Gasteiger partial charge in [-0.3, -0.25) is 0 Å². The molecular weight excluding hydrogens is 334 g/mol. The van der Waals surface area contributed by atoms with Gasteiger partial charge in [-0.25, -0.2) is 0 Å². The van der Waals surface area contributed by atoms with Crippen molar-refractivity contribution in [2.45, 2.75) is 26.3 Å². The van der Waals surface area contributed by atoms with Crippen LogP contribution in [0.5, 0.6) is 0 Å². The Morgan fingerprint density at radius 3 is 2.65 bits per heavy atom. The van der Waals surface area contributed by atoms with Crippen LogP contribution in [-0.2, 0) is 6.42 Å². The molecule has 0 bridgehead atoms. The third-order valence-corrected chi connectivity index (χ3v) is 4.36. The fraction of sp³-hybridized carbons (Fsp3) is 0.294. The molecule has 0 fully saturated rings. The fourth-order valence-corrected chi connectivity index (χ4v) is 3.11. The zero-order valence-electron chi connectivity index (χ0n) is 11.8. The molecule has 0 saturated heterocycles. The minimum absolute atomic E-state index is 0.250. The third kappa shape index (κ3) is 4.08. The summed E-state index contributed by atoms with van der Waals surface area (Å²) in [6, 6.07) is 14.8. The Morgan fingerprint density at radius 2 is 1.95 bits per heavy atom. The molecule has 0 spiro atoms. The molecule has 0 heterocycles. The number of halogens is 2. The monoisotopic (exact) mass is 351 g/mol. The highest BCUT2D eigenvalue weighted by molar-refractivity contribution is 9.10. The average Bonchev–Trinajstić information content (AvgIpc) is 2.40. The van der Waals surface area contributed by atoms with Crippen molar-refractivity contribution in [2.24, 2.45) is 0 Å². The Labute approximate surface area is 134 Å². The van der Waals surface area contributed by atoms with Crippen LogP contribution in [0, 0.1) is 6.92 Å². The number of hydrogen-bond acceptors (Lipinski definition) is 1. The van der Waals surface area contributed by atoms with Crippen LogP contribution >= 0.6 is 27.5 Å². The first-order valence-corrected chi connectivity index (χ1v) is 7.98. The van der Waals surface area contributed by atoms with Crippen LogP contribution in [-0.4, -0.2) is 6.54 Å². The molecule has 2 aromatic carbocycles. The quantitative estimate of drug-likeness (QED) is 0.769. The lowest BCUT2D eigenvalue weighted by molar-refractivity contribution is 0.576. The molecule has 1 N–H and O–H groups in total. The molecular formula is C17H19BrClN. The van der Waals surface area contributed by atoms with E-state index >= 15 is 0 Å². The molecule has 1 unspecified atom stereocenters. The lowest BCUT2D eigenvalue weighted by Gasteiger charge is -2.16. The topological polar surface area (TPSA) is 12.0 Å². The highest BCUT2D eigenvalue weighted by Crippen LogP contribution is 2.26. The zero-order chi connectivity index (χ0) is 14.5. The van der Waals surface area contributed by atoms with E-state index < -0.39 is 0 Å². The molecule has 0 aliphatic rings. The molecule has 20 heavy (non-hydrogen) atoms. The van der Waals surface area contributed by atoms with Gasteiger partial charge in [0, 0.05) is 15.5 Å². The SMILES string of the molecule is Cc1ccccc1CCNC(C)c1ccc(Br)cc1Cl. The van der Waals surface area contributed by atoms with E-state index in [1.807, 2.05) is 12.1 Å². The largest absolute Gasteiger partial charge is 0.310 e. The van der Waals surface area contributed by atoms with Crippen molar-refractivity contribution >= 4 is 27.5 Å². The van der Waals surface area contributed by atoms with Crippen molar-refractivity contribution < 1.29 is 0 Å². The van der Waals surface area contributed by atoms with E-state index in [9.17, 15) is 0 Å². The first-order valence-electron chi connectivity index (χ1n) is 6.81. The van der Waals surface area contributed by atoms with Gasteiger partial charge in [0.2, 0.25) is 0 Å². The fourth-order valence-electron chi connectivity index (χ4n) is 2.28. The lowest BCUT2D eigenvalue weighted by Crippen LogP contribution is -2.21. The van der Waals surface area contributed by atoms with Crippen molar-refractivity contribution in [1.82, 2.24) is 5.32 Å². The van der Waals surface area contributed by atoms with E-state index in [4.69, 9.17) is 11.6 Å². The minimum Gasteiger partial charge on any atom is -0.310 e. The van der Waals surface area contributed by atoms with E-state index in [0.29, 0.717) is 0 Å². The summed E-state index contributed by atoms with van der Waals surface area (Å²) in [5.74, 6) is 0. The maximum absolute atomic E-state index is 6.28. The van der Waals surface area contributed by atoms with Crippen LogP contribution < -0.4 is 5.32 Å². The molecule has 1 nitrogen and oxygen atoms in total. The number of rotatable bonds is 5. The Bertz CT molecular complexity index is 583. The Hall–Kier alpha value is -0.830. The van der Waals surface area contributed by atoms with Crippen molar-refractivity contribution in [3.63, 3.8) is 0 Å². The zero-order valence-corrected chi connectivity index (χ0v) is 14.1. The number of aryl methyl sites for hydroxylation is 1. The maximum atomic E-state index is 6.28. The van der Waals surface area contributed by atoms with Crippen molar-refractivity contribution in [1.29, 1.82) is 0 Å². The summed E-state index contributed by atoms with van der Waals surface area (Å²) >= 11 is 9.71. The summed E-state index contributed by atoms with van der Waals surface area (Å²) in [6.45, 7) is 5.25. The number of nitrogens with one attached hydrogen (secondary N) is 1. The van der Waals surface area contributed by atoms with Gasteiger partial charge in [0.1, 0.15) is 0 Å². The Balaban J connectivity index is 1.92. The van der Waals surface area contributed by atoms with Gasteiger partial charge in [0.25, 0.3) is 0 Å². The van der Waals surface area contributed by atoms with Gasteiger partial charge in [-0.1, -0.05) is 57.9 Å². The summed E-state index contributed by atoms with van der Waals surface area (Å²) in [5.41, 5.74) is 3.89. The molecule has 0 aliphatic carbocycles. The van der Waals surface area contributed by atoms with Crippen LogP contribution in [0.15, 0.2) is 46.9 Å². The highest BCUT2D eigenvalue weighted by atomic mass is 79.9. The summed E-state index contributed by atoms with van der Waals surface area (Å²) in [6.07, 6.45) is 1.03. The van der Waals surface area contributed by atoms with E-state index in [-0.39, 0.29) is 6.04 Å². The van der Waals surface area contributed by atoms with E-state index in [2.05, 4.69) is 65.4 Å². The van der Waals surface area contributed by atoms with E-state index in [1.54, 1.807) is 0 Å². The van der Waals surface area contributed by atoms with Crippen LogP contribution in [0.1, 0.15) is 29.7 Å². The minimum atomic E-state index is 0.250. The summed E-state index contributed by atoms with van der Waals surface area (Å²) in [4.78, 5) is 0. The van der Waals surface area contributed by atoms with Gasteiger partial charge in [-0.15, -0.1) is 0 Å². The lowest BCUT2D eigenvalue weighted by atomic mass is 10.0. The van der Waals surface area contributed by atoms with Gasteiger partial charge in [0.05, 0.1) is 0 Å². The van der Waals surface area contributed by atoms with E-state index in [1.165, 1.54) is 11.1 Å². The summed E-state index contributed by atoms with van der Waals surface area (Å²) in [7, 11) is 0. The second-order valence-electron chi connectivity index (χ2n) is 5.02. The molecule has 0 saturated carbocycles. The van der Waals surface area contributed by atoms with Crippen LogP contribution in [0.3, 0.4) is 0 Å². The molecule has 106 valence electrons. The summed E-state index contributed by atoms with van der Waals surface area (Å²) < 4.78 is 1.01. The van der Waals surface area contributed by atoms with Crippen LogP contribution in [0.2, 0.25) is 5.02 Å². The molecule has 0 amide bonds. The molecule has 2 aromatic rings. The third-order valence-electron chi connectivity index (χ3n) is 3.54. The maximum Gasteiger partial charge on any atom is 0.0464 e. The van der Waals surface area contributed by atoms with Crippen molar-refractivity contribution in [3.05, 3.63) is 68.7 Å². The van der Waals surface area contributed by atoms with Gasteiger partial charge in [-0.2, -0.15) is 0 Å². The molecule has 3 heteroatoms. The first kappa shape index (κ1) is 15.6. The van der Waals surface area contributed by atoms with Crippen molar-refractivity contribution in [2.75, 3.05) is 6.54 Å². The molecule has 0 aromatic heterocycles. The first-order chi connectivity index (χ1) is 9.58. The average molecular weight is 353 g/mol. The second kappa shape index (κ2) is 7.26. The predicted molar refractivity (Wildman–Crippen MR) is 90.5 cm³/mol. The molecule has 2 rings (SSSR count). The summed E-state index contributed by atoms with van der Waals surface area (Å²) in [5, 5.41) is 4.34. The van der Waals surface area contributed by atoms with Crippen LogP contribution in [0.25, 0.3) is 0 Å². The second-order valence-corrected chi connectivity index (χ2v) is 6.34. The van der Waals surface area contributed by atoms with Crippen molar-refractivity contribution in [3.8, 4) is 0 Å².